The summed E-state index contributed by atoms with van der Waals surface area (Å²) in [5, 5.41) is 8.35. The van der Waals surface area contributed by atoms with Crippen molar-refractivity contribution in [3.8, 4) is 5.75 Å². The number of benzene rings is 1. The molecule has 114 valence electrons. The van der Waals surface area contributed by atoms with E-state index in [1.54, 1.807) is 0 Å². The molecule has 0 fully saturated rings. The standard InChI is InChI=1S/C17H25N3O/c1-6-20-11-15(18-19-20)10-12(3)16-8-9-17(21-7-2)14(5)13(16)4/h8-9,11-12H,6-7,10H2,1-5H3. The van der Waals surface area contributed by atoms with Gasteiger partial charge in [-0.25, -0.2) is 0 Å². The van der Waals surface area contributed by atoms with Gasteiger partial charge in [-0.05, 0) is 62.8 Å². The quantitative estimate of drug-likeness (QED) is 0.814. The zero-order valence-electron chi connectivity index (χ0n) is 13.7. The lowest BCUT2D eigenvalue weighted by atomic mass is 9.90. The average Bonchev–Trinajstić information content (AvgIpc) is 2.91. The molecule has 0 saturated heterocycles. The minimum Gasteiger partial charge on any atom is -0.494 e. The molecule has 1 aromatic heterocycles. The third-order valence-corrected chi connectivity index (χ3v) is 4.04. The Morgan fingerprint density at radius 3 is 2.57 bits per heavy atom. The summed E-state index contributed by atoms with van der Waals surface area (Å²) in [5.41, 5.74) is 4.96. The second kappa shape index (κ2) is 6.74. The minimum atomic E-state index is 0.418. The van der Waals surface area contributed by atoms with Gasteiger partial charge in [0.05, 0.1) is 12.3 Å². The second-order valence-electron chi connectivity index (χ2n) is 5.51. The van der Waals surface area contributed by atoms with Gasteiger partial charge in [0.1, 0.15) is 5.75 Å². The third kappa shape index (κ3) is 3.43. The zero-order chi connectivity index (χ0) is 15.4. The SMILES string of the molecule is CCOc1ccc(C(C)Cc2cn(CC)nn2)c(C)c1C. The molecule has 0 amide bonds. The molecule has 0 aliphatic rings. The Labute approximate surface area is 127 Å². The van der Waals surface area contributed by atoms with Crippen LogP contribution in [0.3, 0.4) is 0 Å². The fourth-order valence-corrected chi connectivity index (χ4v) is 2.67. The first-order valence-corrected chi connectivity index (χ1v) is 7.68. The van der Waals surface area contributed by atoms with Gasteiger partial charge < -0.3 is 4.74 Å². The minimum absolute atomic E-state index is 0.418. The Hall–Kier alpha value is -1.84. The Morgan fingerprint density at radius 2 is 1.95 bits per heavy atom. The van der Waals surface area contributed by atoms with Crippen molar-refractivity contribution in [3.05, 3.63) is 40.7 Å². The maximum atomic E-state index is 5.66. The molecule has 1 heterocycles. The van der Waals surface area contributed by atoms with Gasteiger partial charge in [0.15, 0.2) is 0 Å². The molecule has 0 spiro atoms. The van der Waals surface area contributed by atoms with Crippen LogP contribution in [0, 0.1) is 13.8 Å². The molecule has 4 nitrogen and oxygen atoms in total. The van der Waals surface area contributed by atoms with Crippen molar-refractivity contribution >= 4 is 0 Å². The first-order valence-electron chi connectivity index (χ1n) is 7.68. The Morgan fingerprint density at radius 1 is 1.19 bits per heavy atom. The summed E-state index contributed by atoms with van der Waals surface area (Å²) in [4.78, 5) is 0. The number of hydrogen-bond acceptors (Lipinski definition) is 3. The van der Waals surface area contributed by atoms with Crippen LogP contribution in [-0.4, -0.2) is 21.6 Å². The van der Waals surface area contributed by atoms with E-state index in [4.69, 9.17) is 4.74 Å². The summed E-state index contributed by atoms with van der Waals surface area (Å²) < 4.78 is 7.54. The van der Waals surface area contributed by atoms with Crippen molar-refractivity contribution in [3.63, 3.8) is 0 Å². The van der Waals surface area contributed by atoms with Crippen molar-refractivity contribution in [2.24, 2.45) is 0 Å². The average molecular weight is 287 g/mol. The Balaban J connectivity index is 2.18. The highest BCUT2D eigenvalue weighted by Crippen LogP contribution is 2.30. The van der Waals surface area contributed by atoms with E-state index in [2.05, 4.69) is 50.1 Å². The highest BCUT2D eigenvalue weighted by atomic mass is 16.5. The van der Waals surface area contributed by atoms with E-state index in [1.165, 1.54) is 16.7 Å². The molecular formula is C17H25N3O. The second-order valence-corrected chi connectivity index (χ2v) is 5.51. The summed E-state index contributed by atoms with van der Waals surface area (Å²) in [7, 11) is 0. The molecule has 2 aromatic rings. The number of hydrogen-bond donors (Lipinski definition) is 0. The highest BCUT2D eigenvalue weighted by Gasteiger charge is 2.14. The first-order chi connectivity index (χ1) is 10.1. The van der Waals surface area contributed by atoms with Crippen LogP contribution in [0.4, 0.5) is 0 Å². The number of aryl methyl sites for hydroxylation is 1. The van der Waals surface area contributed by atoms with Crippen LogP contribution in [0.25, 0.3) is 0 Å². The normalized spacial score (nSPS) is 12.4. The molecule has 21 heavy (non-hydrogen) atoms. The van der Waals surface area contributed by atoms with E-state index in [0.717, 1.165) is 24.4 Å². The number of ether oxygens (including phenoxy) is 1. The molecule has 1 atom stereocenters. The molecule has 0 aliphatic heterocycles. The van der Waals surface area contributed by atoms with Crippen LogP contribution in [0.15, 0.2) is 18.3 Å². The predicted molar refractivity (Wildman–Crippen MR) is 84.9 cm³/mol. The molecule has 0 aliphatic carbocycles. The molecule has 0 radical (unpaired) electrons. The van der Waals surface area contributed by atoms with Crippen LogP contribution < -0.4 is 4.74 Å². The van der Waals surface area contributed by atoms with Gasteiger partial charge in [0.2, 0.25) is 0 Å². The molecule has 2 rings (SSSR count). The summed E-state index contributed by atoms with van der Waals surface area (Å²) in [6, 6.07) is 4.27. The van der Waals surface area contributed by atoms with E-state index in [-0.39, 0.29) is 0 Å². The smallest absolute Gasteiger partial charge is 0.122 e. The lowest BCUT2D eigenvalue weighted by Crippen LogP contribution is -2.04. The van der Waals surface area contributed by atoms with Crippen LogP contribution in [0.5, 0.6) is 5.75 Å². The van der Waals surface area contributed by atoms with E-state index in [0.29, 0.717) is 12.5 Å². The lowest BCUT2D eigenvalue weighted by molar-refractivity contribution is 0.337. The summed E-state index contributed by atoms with van der Waals surface area (Å²) >= 11 is 0. The van der Waals surface area contributed by atoms with Crippen molar-refractivity contribution in [2.75, 3.05) is 6.61 Å². The lowest BCUT2D eigenvalue weighted by Gasteiger charge is -2.18. The third-order valence-electron chi connectivity index (χ3n) is 4.04. The van der Waals surface area contributed by atoms with Crippen molar-refractivity contribution in [1.82, 2.24) is 15.0 Å². The largest absolute Gasteiger partial charge is 0.494 e. The fourth-order valence-electron chi connectivity index (χ4n) is 2.67. The number of rotatable bonds is 6. The molecule has 0 saturated carbocycles. The maximum Gasteiger partial charge on any atom is 0.122 e. The molecule has 1 unspecified atom stereocenters. The fraction of sp³-hybridized carbons (Fsp3) is 0.529. The molecule has 0 bridgehead atoms. The van der Waals surface area contributed by atoms with Crippen LogP contribution >= 0.6 is 0 Å². The van der Waals surface area contributed by atoms with Crippen LogP contribution in [0.1, 0.15) is 49.1 Å². The van der Waals surface area contributed by atoms with Gasteiger partial charge in [-0.15, -0.1) is 5.10 Å². The van der Waals surface area contributed by atoms with E-state index in [9.17, 15) is 0 Å². The zero-order valence-corrected chi connectivity index (χ0v) is 13.7. The number of nitrogens with zero attached hydrogens (tertiary/aromatic N) is 3. The van der Waals surface area contributed by atoms with Gasteiger partial charge in [-0.1, -0.05) is 18.2 Å². The predicted octanol–water partition coefficient (Wildman–Crippen LogP) is 3.66. The van der Waals surface area contributed by atoms with Gasteiger partial charge in [0.25, 0.3) is 0 Å². The number of aromatic nitrogens is 3. The van der Waals surface area contributed by atoms with Crippen molar-refractivity contribution < 1.29 is 4.74 Å². The Kier molecular flexibility index (Phi) is 4.99. The molecule has 4 heteroatoms. The van der Waals surface area contributed by atoms with Gasteiger partial charge in [-0.3, -0.25) is 4.68 Å². The maximum absolute atomic E-state index is 5.66. The van der Waals surface area contributed by atoms with Gasteiger partial charge >= 0.3 is 0 Å². The molecular weight excluding hydrogens is 262 g/mol. The van der Waals surface area contributed by atoms with E-state index in [1.807, 2.05) is 17.8 Å². The van der Waals surface area contributed by atoms with Gasteiger partial charge in [-0.2, -0.15) is 0 Å². The summed E-state index contributed by atoms with van der Waals surface area (Å²) in [6.07, 6.45) is 2.95. The van der Waals surface area contributed by atoms with E-state index < -0.39 is 0 Å². The topological polar surface area (TPSA) is 39.9 Å². The van der Waals surface area contributed by atoms with Crippen molar-refractivity contribution in [2.45, 2.75) is 53.5 Å². The Bertz CT molecular complexity index is 604. The van der Waals surface area contributed by atoms with Crippen LogP contribution in [-0.2, 0) is 13.0 Å². The summed E-state index contributed by atoms with van der Waals surface area (Å²) in [5.74, 6) is 1.41. The molecule has 1 aromatic carbocycles. The highest BCUT2D eigenvalue weighted by molar-refractivity contribution is 5.45. The summed E-state index contributed by atoms with van der Waals surface area (Å²) in [6.45, 7) is 12.2. The van der Waals surface area contributed by atoms with E-state index >= 15 is 0 Å². The van der Waals surface area contributed by atoms with Crippen LogP contribution in [0.2, 0.25) is 0 Å². The van der Waals surface area contributed by atoms with Crippen molar-refractivity contribution in [1.29, 1.82) is 0 Å². The molecule has 0 N–H and O–H groups in total. The van der Waals surface area contributed by atoms with Gasteiger partial charge in [0, 0.05) is 12.7 Å². The monoisotopic (exact) mass is 287 g/mol. The first kappa shape index (κ1) is 15.5.